The van der Waals surface area contributed by atoms with Crippen LogP contribution in [0.1, 0.15) is 44.1 Å². The Kier molecular flexibility index (Phi) is 5.55. The number of halogens is 3. The molecule has 0 spiro atoms. The van der Waals surface area contributed by atoms with Crippen molar-refractivity contribution in [3.8, 4) is 0 Å². The Labute approximate surface area is 167 Å². The van der Waals surface area contributed by atoms with Crippen molar-refractivity contribution in [2.75, 3.05) is 6.54 Å². The fourth-order valence-corrected chi connectivity index (χ4v) is 4.86. The normalized spacial score (nSPS) is 27.0. The molecule has 2 saturated heterocycles. The first kappa shape index (κ1) is 20.2. The van der Waals surface area contributed by atoms with Gasteiger partial charge in [0.05, 0.1) is 6.54 Å². The summed E-state index contributed by atoms with van der Waals surface area (Å²) in [5.41, 5.74) is 6.38. The number of amides is 2. The summed E-state index contributed by atoms with van der Waals surface area (Å²) in [5.74, 6) is -3.05. The lowest BCUT2D eigenvalue weighted by molar-refractivity contribution is -0.137. The first-order valence-electron chi connectivity index (χ1n) is 10.3. The first-order chi connectivity index (χ1) is 13.8. The molecule has 3 N–H and O–H groups in total. The van der Waals surface area contributed by atoms with Crippen molar-refractivity contribution in [1.82, 2.24) is 10.2 Å². The number of carbonyl (C=O) groups is 2. The van der Waals surface area contributed by atoms with E-state index in [0.717, 1.165) is 31.7 Å². The Morgan fingerprint density at radius 3 is 2.28 bits per heavy atom. The smallest absolute Gasteiger partial charge is 0.242 e. The second kappa shape index (κ2) is 7.97. The molecule has 3 aliphatic rings. The molecule has 0 radical (unpaired) electrons. The number of piperidine rings is 1. The fourth-order valence-electron chi connectivity index (χ4n) is 4.86. The van der Waals surface area contributed by atoms with E-state index in [4.69, 9.17) is 5.73 Å². The van der Waals surface area contributed by atoms with Crippen molar-refractivity contribution in [3.63, 3.8) is 0 Å². The Bertz CT molecular complexity index is 801. The Hall–Kier alpha value is -2.09. The van der Waals surface area contributed by atoms with Crippen molar-refractivity contribution in [1.29, 1.82) is 0 Å². The number of nitrogens with two attached hydrogens (primary N) is 1. The molecule has 5 nitrogen and oxygen atoms in total. The Morgan fingerprint density at radius 2 is 1.66 bits per heavy atom. The van der Waals surface area contributed by atoms with E-state index in [0.29, 0.717) is 18.9 Å². The molecule has 2 bridgehead atoms. The van der Waals surface area contributed by atoms with E-state index in [1.807, 2.05) is 4.90 Å². The van der Waals surface area contributed by atoms with E-state index in [1.165, 1.54) is 0 Å². The van der Waals surface area contributed by atoms with Crippen molar-refractivity contribution >= 4 is 11.8 Å². The minimum absolute atomic E-state index is 0.0269. The van der Waals surface area contributed by atoms with Gasteiger partial charge in [0, 0.05) is 30.1 Å². The second-order valence-corrected chi connectivity index (χ2v) is 8.64. The van der Waals surface area contributed by atoms with Gasteiger partial charge < -0.3 is 16.0 Å². The highest BCUT2D eigenvalue weighted by atomic mass is 19.2. The summed E-state index contributed by atoms with van der Waals surface area (Å²) in [6.45, 7) is 0.0269. The van der Waals surface area contributed by atoms with Gasteiger partial charge >= 0.3 is 0 Å². The highest BCUT2D eigenvalue weighted by Crippen LogP contribution is 2.40. The van der Waals surface area contributed by atoms with Crippen LogP contribution in [0, 0.1) is 29.3 Å². The van der Waals surface area contributed by atoms with Crippen molar-refractivity contribution in [2.45, 2.75) is 63.1 Å². The molecule has 1 aromatic carbocycles. The third-order valence-electron chi connectivity index (χ3n) is 6.57. The minimum Gasteiger partial charge on any atom is -0.347 e. The van der Waals surface area contributed by atoms with Crippen LogP contribution in [0.3, 0.4) is 0 Å². The number of carbonyl (C=O) groups excluding carboxylic acids is 2. The van der Waals surface area contributed by atoms with Gasteiger partial charge in [0.2, 0.25) is 11.8 Å². The first-order valence-corrected chi connectivity index (χ1v) is 10.3. The van der Waals surface area contributed by atoms with E-state index < -0.39 is 23.5 Å². The average Bonchev–Trinajstić information content (AvgIpc) is 3.49. The van der Waals surface area contributed by atoms with Crippen LogP contribution in [0.2, 0.25) is 0 Å². The van der Waals surface area contributed by atoms with E-state index in [9.17, 15) is 22.8 Å². The molecule has 1 aromatic rings. The molecule has 3 fully saturated rings. The van der Waals surface area contributed by atoms with Gasteiger partial charge in [-0.15, -0.1) is 0 Å². The maximum absolute atomic E-state index is 14.0. The standard InChI is InChI=1S/C21H26F3N3O2/c22-16-9-18(24)17(23)7-12(16)8-19(25)13-5-14-3-4-15(6-13)27(14)20(28)10-26-21(29)11-1-2-11/h7,9,11,13-15,19H,1-6,8,10,25H2,(H,26,29)/t13-,14-,15+,19-/m1/s1. The topological polar surface area (TPSA) is 75.4 Å². The summed E-state index contributed by atoms with van der Waals surface area (Å²) < 4.78 is 40.5. The quantitative estimate of drug-likeness (QED) is 0.708. The Morgan fingerprint density at radius 1 is 1.03 bits per heavy atom. The molecule has 1 aliphatic carbocycles. The molecule has 2 aliphatic heterocycles. The third kappa shape index (κ3) is 4.27. The van der Waals surface area contributed by atoms with Crippen molar-refractivity contribution in [2.24, 2.45) is 17.6 Å². The predicted molar refractivity (Wildman–Crippen MR) is 100 cm³/mol. The van der Waals surface area contributed by atoms with Crippen molar-refractivity contribution < 1.29 is 22.8 Å². The van der Waals surface area contributed by atoms with E-state index >= 15 is 0 Å². The van der Waals surface area contributed by atoms with Gasteiger partial charge in [-0.1, -0.05) is 0 Å². The monoisotopic (exact) mass is 409 g/mol. The van der Waals surface area contributed by atoms with Crippen molar-refractivity contribution in [3.05, 3.63) is 35.1 Å². The number of fused-ring (bicyclic) bond motifs is 2. The summed E-state index contributed by atoms with van der Waals surface area (Å²) in [5, 5.41) is 2.73. The van der Waals surface area contributed by atoms with Gasteiger partial charge in [-0.2, -0.15) is 0 Å². The van der Waals surface area contributed by atoms with E-state index in [1.54, 1.807) is 0 Å². The minimum atomic E-state index is -1.21. The zero-order valence-electron chi connectivity index (χ0n) is 16.2. The van der Waals surface area contributed by atoms with E-state index in [-0.39, 0.29) is 54.3 Å². The van der Waals surface area contributed by atoms with E-state index in [2.05, 4.69) is 5.32 Å². The molecule has 158 valence electrons. The number of benzene rings is 1. The molecule has 4 atom stereocenters. The van der Waals surface area contributed by atoms with Crippen LogP contribution in [-0.2, 0) is 16.0 Å². The molecular weight excluding hydrogens is 383 g/mol. The number of nitrogens with one attached hydrogen (secondary N) is 1. The van der Waals surface area contributed by atoms with Crippen LogP contribution < -0.4 is 11.1 Å². The molecule has 8 heteroatoms. The number of rotatable bonds is 6. The average molecular weight is 409 g/mol. The largest absolute Gasteiger partial charge is 0.347 e. The zero-order valence-corrected chi connectivity index (χ0v) is 16.2. The van der Waals surface area contributed by atoms with Gasteiger partial charge in [0.15, 0.2) is 11.6 Å². The third-order valence-corrected chi connectivity index (χ3v) is 6.57. The summed E-state index contributed by atoms with van der Waals surface area (Å²) in [7, 11) is 0. The number of hydrogen-bond acceptors (Lipinski definition) is 3. The lowest BCUT2D eigenvalue weighted by Gasteiger charge is -2.41. The summed E-state index contributed by atoms with van der Waals surface area (Å²) in [6, 6.07) is 1.15. The highest BCUT2D eigenvalue weighted by molar-refractivity contribution is 5.87. The second-order valence-electron chi connectivity index (χ2n) is 8.64. The maximum atomic E-state index is 14.0. The molecule has 2 heterocycles. The molecule has 2 amide bonds. The van der Waals surface area contributed by atoms with Gasteiger partial charge in [0.1, 0.15) is 5.82 Å². The highest BCUT2D eigenvalue weighted by Gasteiger charge is 2.44. The Balaban J connectivity index is 1.35. The fraction of sp³-hybridized carbons (Fsp3) is 0.619. The number of hydrogen-bond donors (Lipinski definition) is 2. The zero-order chi connectivity index (χ0) is 20.7. The van der Waals surface area contributed by atoms with Crippen LogP contribution in [0.15, 0.2) is 12.1 Å². The van der Waals surface area contributed by atoms with Crippen LogP contribution in [0.5, 0.6) is 0 Å². The van der Waals surface area contributed by atoms with Crippen LogP contribution in [0.25, 0.3) is 0 Å². The van der Waals surface area contributed by atoms with Gasteiger partial charge in [-0.05, 0) is 62.5 Å². The lowest BCUT2D eigenvalue weighted by atomic mass is 9.82. The molecule has 4 rings (SSSR count). The predicted octanol–water partition coefficient (Wildman–Crippen LogP) is 2.27. The van der Waals surface area contributed by atoms with Crippen LogP contribution in [-0.4, -0.2) is 41.4 Å². The molecule has 0 unspecified atom stereocenters. The molecule has 0 aromatic heterocycles. The van der Waals surface area contributed by atoms with Crippen LogP contribution >= 0.6 is 0 Å². The summed E-state index contributed by atoms with van der Waals surface area (Å²) in [6.07, 6.45) is 5.08. The summed E-state index contributed by atoms with van der Waals surface area (Å²) in [4.78, 5) is 26.3. The number of nitrogens with zero attached hydrogens (tertiary/aromatic N) is 1. The van der Waals surface area contributed by atoms with Gasteiger partial charge in [0.25, 0.3) is 0 Å². The van der Waals surface area contributed by atoms with Gasteiger partial charge in [-0.3, -0.25) is 9.59 Å². The molecule has 29 heavy (non-hydrogen) atoms. The SMILES string of the molecule is N[C@H](Cc1cc(F)c(F)cc1F)[C@@H]1C[C@H]2CC[C@@H](C1)N2C(=O)CNC(=O)C1CC1. The molecular formula is C21H26F3N3O2. The lowest BCUT2D eigenvalue weighted by Crippen LogP contribution is -2.52. The van der Waals surface area contributed by atoms with Gasteiger partial charge in [-0.25, -0.2) is 13.2 Å². The van der Waals surface area contributed by atoms with Crippen LogP contribution in [0.4, 0.5) is 13.2 Å². The maximum Gasteiger partial charge on any atom is 0.242 e. The molecule has 1 saturated carbocycles. The summed E-state index contributed by atoms with van der Waals surface area (Å²) >= 11 is 0.